The van der Waals surface area contributed by atoms with Gasteiger partial charge in [0.1, 0.15) is 11.6 Å². The Morgan fingerprint density at radius 1 is 1.22 bits per heavy atom. The number of primary sulfonamides is 1. The predicted molar refractivity (Wildman–Crippen MR) is 76.1 cm³/mol. The van der Waals surface area contributed by atoms with E-state index < -0.39 is 22.1 Å². The van der Waals surface area contributed by atoms with E-state index in [4.69, 9.17) is 5.14 Å². The van der Waals surface area contributed by atoms with Crippen LogP contribution in [0.4, 0.5) is 19.0 Å². The normalized spacial score (nSPS) is 12.0. The Hall–Kier alpha value is -2.33. The number of alkyl halides is 3. The Morgan fingerprint density at radius 3 is 2.52 bits per heavy atom. The van der Waals surface area contributed by atoms with Gasteiger partial charge in [-0.3, -0.25) is 0 Å². The zero-order valence-electron chi connectivity index (χ0n) is 11.5. The van der Waals surface area contributed by atoms with E-state index in [2.05, 4.69) is 15.0 Å². The van der Waals surface area contributed by atoms with E-state index in [0.29, 0.717) is 11.4 Å². The molecule has 1 aromatic carbocycles. The summed E-state index contributed by atoms with van der Waals surface area (Å²) in [5.41, 5.74) is 0.619. The number of benzene rings is 1. The number of nitrogens with zero attached hydrogens (tertiary/aromatic N) is 1. The molecule has 0 bridgehead atoms. The Bertz CT molecular complexity index is 777. The lowest BCUT2D eigenvalue weighted by Crippen LogP contribution is -2.17. The van der Waals surface area contributed by atoms with E-state index in [1.165, 1.54) is 24.3 Å². The van der Waals surface area contributed by atoms with E-state index in [1.807, 2.05) is 0 Å². The summed E-state index contributed by atoms with van der Waals surface area (Å²) in [6, 6.07) is 8.38. The first kappa shape index (κ1) is 17.0. The van der Waals surface area contributed by atoms with Crippen molar-refractivity contribution in [2.45, 2.75) is 17.8 Å². The molecule has 0 aliphatic rings. The van der Waals surface area contributed by atoms with Gasteiger partial charge < -0.3 is 10.1 Å². The molecule has 0 saturated carbocycles. The molecule has 0 amide bonds. The molecule has 0 spiro atoms. The highest BCUT2D eigenvalue weighted by Crippen LogP contribution is 2.22. The number of aromatic nitrogens is 1. The average molecular weight is 347 g/mol. The van der Waals surface area contributed by atoms with Crippen LogP contribution in [0.3, 0.4) is 0 Å². The number of halogens is 3. The lowest BCUT2D eigenvalue weighted by atomic mass is 10.2. The third-order valence-electron chi connectivity index (χ3n) is 2.67. The summed E-state index contributed by atoms with van der Waals surface area (Å²) in [6.45, 7) is 0.218. The van der Waals surface area contributed by atoms with Crippen LogP contribution in [0.15, 0.2) is 47.5 Å². The summed E-state index contributed by atoms with van der Waals surface area (Å²) in [6.07, 6.45) is -3.85. The van der Waals surface area contributed by atoms with Crippen LogP contribution >= 0.6 is 0 Å². The van der Waals surface area contributed by atoms with Crippen LogP contribution < -0.4 is 15.2 Å². The zero-order chi connectivity index (χ0) is 17.1. The quantitative estimate of drug-likeness (QED) is 0.865. The molecule has 6 nitrogen and oxygen atoms in total. The summed E-state index contributed by atoms with van der Waals surface area (Å²) in [4.78, 5) is 3.74. The van der Waals surface area contributed by atoms with E-state index in [0.717, 1.165) is 12.3 Å². The largest absolute Gasteiger partial charge is 0.573 e. The molecule has 10 heteroatoms. The lowest BCUT2D eigenvalue weighted by Gasteiger charge is -2.10. The fraction of sp³-hybridized carbons (Fsp3) is 0.154. The van der Waals surface area contributed by atoms with Gasteiger partial charge in [-0.1, -0.05) is 12.1 Å². The highest BCUT2D eigenvalue weighted by Gasteiger charge is 2.31. The molecule has 2 aromatic rings. The number of nitrogens with one attached hydrogen (secondary N) is 1. The van der Waals surface area contributed by atoms with Crippen LogP contribution in [0.1, 0.15) is 5.56 Å². The van der Waals surface area contributed by atoms with Crippen molar-refractivity contribution in [3.8, 4) is 5.75 Å². The Balaban J connectivity index is 2.01. The maximum atomic E-state index is 12.0. The minimum atomic E-state index is -4.77. The van der Waals surface area contributed by atoms with Gasteiger partial charge in [0.2, 0.25) is 10.0 Å². The fourth-order valence-corrected chi connectivity index (χ4v) is 2.29. The van der Waals surface area contributed by atoms with Gasteiger partial charge in [-0.2, -0.15) is 0 Å². The third-order valence-corrected chi connectivity index (χ3v) is 3.58. The van der Waals surface area contributed by atoms with Gasteiger partial charge in [0.15, 0.2) is 0 Å². The standard InChI is InChI=1S/C13H12F3N3O3S/c14-13(15,16)22-10-4-5-12(19-8-10)18-7-9-2-1-3-11(6-9)23(17,20)21/h1-6,8H,7H2,(H,18,19)(H2,17,20,21). The number of nitrogens with two attached hydrogens (primary N) is 1. The molecule has 0 saturated heterocycles. The van der Waals surface area contributed by atoms with Gasteiger partial charge in [-0.15, -0.1) is 13.2 Å². The topological polar surface area (TPSA) is 94.3 Å². The summed E-state index contributed by atoms with van der Waals surface area (Å²) in [5.74, 6) is -0.125. The molecule has 0 aliphatic heterocycles. The molecule has 0 aliphatic carbocycles. The van der Waals surface area contributed by atoms with Gasteiger partial charge in [-0.25, -0.2) is 18.5 Å². The Morgan fingerprint density at radius 2 is 1.96 bits per heavy atom. The third kappa shape index (κ3) is 5.42. The van der Waals surface area contributed by atoms with Gasteiger partial charge in [0.05, 0.1) is 11.1 Å². The first-order valence-corrected chi connectivity index (χ1v) is 7.75. The number of anilines is 1. The smallest absolute Gasteiger partial charge is 0.404 e. The predicted octanol–water partition coefficient (Wildman–Crippen LogP) is 2.24. The highest BCUT2D eigenvalue weighted by atomic mass is 32.2. The second-order valence-electron chi connectivity index (χ2n) is 4.47. The van der Waals surface area contributed by atoms with Gasteiger partial charge in [0, 0.05) is 6.54 Å². The average Bonchev–Trinajstić information content (AvgIpc) is 2.44. The van der Waals surface area contributed by atoms with Crippen molar-refractivity contribution in [1.29, 1.82) is 0 Å². The van der Waals surface area contributed by atoms with Crippen LogP contribution in [-0.2, 0) is 16.6 Å². The maximum absolute atomic E-state index is 12.0. The van der Waals surface area contributed by atoms with Gasteiger partial charge >= 0.3 is 6.36 Å². The van der Waals surface area contributed by atoms with Crippen molar-refractivity contribution in [3.63, 3.8) is 0 Å². The van der Waals surface area contributed by atoms with Gasteiger partial charge in [0.25, 0.3) is 0 Å². The van der Waals surface area contributed by atoms with E-state index >= 15 is 0 Å². The second kappa shape index (κ2) is 6.42. The molecule has 0 unspecified atom stereocenters. The number of ether oxygens (including phenoxy) is 1. The Labute approximate surface area is 130 Å². The number of hydrogen-bond acceptors (Lipinski definition) is 5. The lowest BCUT2D eigenvalue weighted by molar-refractivity contribution is -0.274. The minimum Gasteiger partial charge on any atom is -0.404 e. The van der Waals surface area contributed by atoms with Crippen LogP contribution in [0.2, 0.25) is 0 Å². The SMILES string of the molecule is NS(=O)(=O)c1cccc(CNc2ccc(OC(F)(F)F)cn2)c1. The molecule has 2 rings (SSSR count). The van der Waals surface area contributed by atoms with Crippen molar-refractivity contribution >= 4 is 15.8 Å². The molecular formula is C13H12F3N3O3S. The highest BCUT2D eigenvalue weighted by molar-refractivity contribution is 7.89. The van der Waals surface area contributed by atoms with Crippen LogP contribution in [-0.4, -0.2) is 19.8 Å². The van der Waals surface area contributed by atoms with Crippen molar-refractivity contribution in [2.75, 3.05) is 5.32 Å². The van der Waals surface area contributed by atoms with E-state index in [9.17, 15) is 21.6 Å². The summed E-state index contributed by atoms with van der Waals surface area (Å²) in [5, 5.41) is 7.88. The summed E-state index contributed by atoms with van der Waals surface area (Å²) in [7, 11) is -3.80. The van der Waals surface area contributed by atoms with Crippen LogP contribution in [0.25, 0.3) is 0 Å². The summed E-state index contributed by atoms with van der Waals surface area (Å²) < 4.78 is 62.3. The minimum absolute atomic E-state index is 0.0290. The first-order chi connectivity index (χ1) is 10.6. The second-order valence-corrected chi connectivity index (χ2v) is 6.03. The molecule has 0 atom stereocenters. The summed E-state index contributed by atoms with van der Waals surface area (Å²) >= 11 is 0. The maximum Gasteiger partial charge on any atom is 0.573 e. The molecule has 124 valence electrons. The molecule has 0 fully saturated rings. The van der Waals surface area contributed by atoms with E-state index in [1.54, 1.807) is 6.07 Å². The number of sulfonamides is 1. The molecule has 3 N–H and O–H groups in total. The monoisotopic (exact) mass is 347 g/mol. The molecule has 1 aromatic heterocycles. The van der Waals surface area contributed by atoms with Crippen molar-refractivity contribution in [3.05, 3.63) is 48.2 Å². The van der Waals surface area contributed by atoms with Crippen molar-refractivity contribution < 1.29 is 26.3 Å². The van der Waals surface area contributed by atoms with Crippen molar-refractivity contribution in [1.82, 2.24) is 4.98 Å². The van der Waals surface area contributed by atoms with E-state index in [-0.39, 0.29) is 11.4 Å². The molecule has 1 heterocycles. The number of pyridine rings is 1. The molecule has 23 heavy (non-hydrogen) atoms. The fourth-order valence-electron chi connectivity index (χ4n) is 1.70. The molecular weight excluding hydrogens is 335 g/mol. The molecule has 0 radical (unpaired) electrons. The zero-order valence-corrected chi connectivity index (χ0v) is 12.4. The Kier molecular flexibility index (Phi) is 4.76. The number of rotatable bonds is 5. The van der Waals surface area contributed by atoms with Gasteiger partial charge in [-0.05, 0) is 29.8 Å². The van der Waals surface area contributed by atoms with Crippen molar-refractivity contribution in [2.24, 2.45) is 5.14 Å². The van der Waals surface area contributed by atoms with Crippen LogP contribution in [0, 0.1) is 0 Å². The van der Waals surface area contributed by atoms with Crippen LogP contribution in [0.5, 0.6) is 5.75 Å². The first-order valence-electron chi connectivity index (χ1n) is 6.21. The number of hydrogen-bond donors (Lipinski definition) is 2.